The first kappa shape index (κ1) is 23.3. The minimum Gasteiger partial charge on any atom is -1.00 e. The minimum atomic E-state index is -0.504. The molecule has 5 rings (SSSR count). The van der Waals surface area contributed by atoms with Crippen LogP contribution in [0.2, 0.25) is 0 Å². The molecule has 3 saturated heterocycles. The van der Waals surface area contributed by atoms with Gasteiger partial charge >= 0.3 is 0 Å². The molecule has 27 heavy (non-hydrogen) atoms. The lowest BCUT2D eigenvalue weighted by atomic mass is 9.73. The minimum absolute atomic E-state index is 0. The summed E-state index contributed by atoms with van der Waals surface area (Å²) in [5.41, 5.74) is 1.85. The summed E-state index contributed by atoms with van der Waals surface area (Å²) >= 11 is 0. The Balaban J connectivity index is 0.00000121. The first-order valence-corrected chi connectivity index (χ1v) is 8.68. The van der Waals surface area contributed by atoms with Crippen LogP contribution in [0.3, 0.4) is 0 Å². The molecular weight excluding hydrogens is 368 g/mol. The Hall–Kier alpha value is -1.70. The van der Waals surface area contributed by atoms with Gasteiger partial charge in [0.05, 0.1) is 18.7 Å². The van der Waals surface area contributed by atoms with Crippen molar-refractivity contribution in [1.82, 2.24) is 9.88 Å². The average molecular weight is 396 g/mol. The smallest absolute Gasteiger partial charge is 0.119 e. The molecule has 5 N–H and O–H groups in total. The molecule has 0 aliphatic carbocycles. The van der Waals surface area contributed by atoms with E-state index in [4.69, 9.17) is 4.74 Å². The Morgan fingerprint density at radius 1 is 1.33 bits per heavy atom. The monoisotopic (exact) mass is 395 g/mol. The number of pyridine rings is 1. The number of halogens is 1. The molecule has 150 valence electrons. The van der Waals surface area contributed by atoms with Crippen LogP contribution in [0.5, 0.6) is 5.75 Å². The second-order valence-electron chi connectivity index (χ2n) is 6.97. The van der Waals surface area contributed by atoms with Crippen LogP contribution in [0.25, 0.3) is 10.9 Å². The third-order valence-corrected chi connectivity index (χ3v) is 5.82. The molecule has 1 aromatic carbocycles. The molecule has 3 unspecified atom stereocenters. The maximum atomic E-state index is 11.2. The molecule has 5 atom stereocenters. The van der Waals surface area contributed by atoms with E-state index in [1.165, 1.54) is 6.42 Å². The molecule has 1 aromatic heterocycles. The zero-order valence-corrected chi connectivity index (χ0v) is 16.2. The van der Waals surface area contributed by atoms with Crippen LogP contribution < -0.4 is 17.1 Å². The largest absolute Gasteiger partial charge is 1.00 e. The zero-order chi connectivity index (χ0) is 16.7. The van der Waals surface area contributed by atoms with Crippen LogP contribution in [0.15, 0.2) is 43.1 Å². The predicted octanol–water partition coefficient (Wildman–Crippen LogP) is -1.47. The number of aromatic nitrogens is 1. The number of benzene rings is 1. The predicted molar refractivity (Wildman–Crippen MR) is 102 cm³/mol. The number of rotatable bonds is 4. The van der Waals surface area contributed by atoms with Gasteiger partial charge in [-0.25, -0.2) is 0 Å². The topological polar surface area (TPSA) is 109 Å². The quantitative estimate of drug-likeness (QED) is 0.637. The van der Waals surface area contributed by atoms with E-state index in [0.717, 1.165) is 41.7 Å². The molecule has 3 aliphatic rings. The number of piperidine rings is 3. The summed E-state index contributed by atoms with van der Waals surface area (Å²) in [6.45, 7) is 6.07. The van der Waals surface area contributed by atoms with E-state index in [0.29, 0.717) is 11.8 Å². The van der Waals surface area contributed by atoms with Crippen molar-refractivity contribution in [3.8, 4) is 5.75 Å². The number of hydrogen-bond donors (Lipinski definition) is 1. The number of aliphatic hydroxyl groups is 1. The van der Waals surface area contributed by atoms with Gasteiger partial charge in [-0.2, -0.15) is 0 Å². The van der Waals surface area contributed by atoms with Crippen LogP contribution in [0.1, 0.15) is 24.5 Å². The van der Waals surface area contributed by atoms with Crippen LogP contribution >= 0.6 is 0 Å². The van der Waals surface area contributed by atoms with Crippen LogP contribution in [-0.4, -0.2) is 52.2 Å². The van der Waals surface area contributed by atoms with Crippen LogP contribution in [0.4, 0.5) is 0 Å². The number of nitrogens with zero attached hydrogens (tertiary/aromatic N) is 2. The highest BCUT2D eigenvalue weighted by Crippen LogP contribution is 2.42. The van der Waals surface area contributed by atoms with E-state index >= 15 is 0 Å². The Labute approximate surface area is 165 Å². The summed E-state index contributed by atoms with van der Waals surface area (Å²) in [5, 5.41) is 12.1. The highest BCUT2D eigenvalue weighted by Gasteiger charge is 2.42. The number of methoxy groups -OCH3 is 1. The lowest BCUT2D eigenvalue weighted by molar-refractivity contribution is -0.0444. The molecule has 7 heteroatoms. The third kappa shape index (κ3) is 4.10. The highest BCUT2D eigenvalue weighted by molar-refractivity contribution is 5.83. The van der Waals surface area contributed by atoms with Crippen molar-refractivity contribution in [2.45, 2.75) is 25.0 Å². The lowest BCUT2D eigenvalue weighted by Gasteiger charge is -2.50. The van der Waals surface area contributed by atoms with Gasteiger partial charge in [-0.1, -0.05) is 6.08 Å². The van der Waals surface area contributed by atoms with Gasteiger partial charge in [0.25, 0.3) is 0 Å². The zero-order valence-electron chi connectivity index (χ0n) is 15.4. The van der Waals surface area contributed by atoms with E-state index < -0.39 is 6.10 Å². The molecule has 4 heterocycles. The molecule has 2 aromatic rings. The normalized spacial score (nSPS) is 26.9. The number of aliphatic hydroxyl groups excluding tert-OH is 1. The van der Waals surface area contributed by atoms with Crippen LogP contribution in [-0.2, 0) is 0 Å². The van der Waals surface area contributed by atoms with Gasteiger partial charge in [-0.15, -0.1) is 6.58 Å². The highest BCUT2D eigenvalue weighted by atomic mass is 35.5. The molecule has 0 saturated carbocycles. The summed E-state index contributed by atoms with van der Waals surface area (Å²) in [6.07, 6.45) is 5.62. The molecule has 2 bridgehead atoms. The Morgan fingerprint density at radius 3 is 2.74 bits per heavy atom. The molecule has 3 aliphatic heterocycles. The first-order valence-electron chi connectivity index (χ1n) is 8.68. The summed E-state index contributed by atoms with van der Waals surface area (Å²) in [5.74, 6) is 2.01. The summed E-state index contributed by atoms with van der Waals surface area (Å²) in [7, 11) is 1.66. The van der Waals surface area contributed by atoms with Gasteiger partial charge in [0.15, 0.2) is 0 Å². The van der Waals surface area contributed by atoms with Crippen molar-refractivity contribution >= 4 is 10.9 Å². The van der Waals surface area contributed by atoms with E-state index in [1.807, 2.05) is 24.3 Å². The van der Waals surface area contributed by atoms with Crippen molar-refractivity contribution in [3.05, 3.63) is 48.7 Å². The van der Waals surface area contributed by atoms with Gasteiger partial charge in [0, 0.05) is 24.2 Å². The second-order valence-corrected chi connectivity index (χ2v) is 6.97. The molecule has 3 fully saturated rings. The van der Waals surface area contributed by atoms with Gasteiger partial charge in [0.1, 0.15) is 5.75 Å². The van der Waals surface area contributed by atoms with Crippen molar-refractivity contribution in [1.29, 1.82) is 0 Å². The third-order valence-electron chi connectivity index (χ3n) is 5.82. The summed E-state index contributed by atoms with van der Waals surface area (Å²) < 4.78 is 5.35. The molecule has 0 spiro atoms. The lowest BCUT2D eigenvalue weighted by Crippen LogP contribution is -3.00. The number of ether oxygens (including phenoxy) is 1. The Bertz CT molecular complexity index is 773. The molecular formula is C20H28ClN2O4-. The van der Waals surface area contributed by atoms with Crippen molar-refractivity contribution in [2.24, 2.45) is 11.8 Å². The van der Waals surface area contributed by atoms with Crippen molar-refractivity contribution in [3.63, 3.8) is 0 Å². The van der Waals surface area contributed by atoms with E-state index in [1.54, 1.807) is 13.3 Å². The standard InChI is InChI=1S/C20H24N2O2.ClH.2H2O/c1-3-13-12-22-9-7-14(13)10-19(22)20(23)16-6-8-21-18-5-4-15(24-2)11-17(16)18;;;/h3-6,8,11,13-14,19-20,23H,1,7,9-10,12H2,2H3;1H;2*1H2/p-1/t13?,14?,19-,20-;;;/m1.../s1. The van der Waals surface area contributed by atoms with Crippen molar-refractivity contribution in [2.75, 3.05) is 20.2 Å². The van der Waals surface area contributed by atoms with E-state index in [-0.39, 0.29) is 29.4 Å². The van der Waals surface area contributed by atoms with Gasteiger partial charge < -0.3 is 33.2 Å². The number of hydrogen-bond acceptors (Lipinski definition) is 4. The SMILES string of the molecule is C=CC1CN2CCC1C[C@@H]2[C@H](O)c1ccnc2ccc(OC)cc12.O.O.[Cl-]. The fraction of sp³-hybridized carbons (Fsp3) is 0.450. The van der Waals surface area contributed by atoms with Gasteiger partial charge in [0.2, 0.25) is 0 Å². The molecule has 0 radical (unpaired) electrons. The summed E-state index contributed by atoms with van der Waals surface area (Å²) in [4.78, 5) is 6.86. The summed E-state index contributed by atoms with van der Waals surface area (Å²) in [6, 6.07) is 7.96. The average Bonchev–Trinajstić information content (AvgIpc) is 2.66. The maximum absolute atomic E-state index is 11.2. The number of fused-ring (bicyclic) bond motifs is 4. The fourth-order valence-corrected chi connectivity index (χ4v) is 4.44. The molecule has 0 amide bonds. The van der Waals surface area contributed by atoms with Crippen LogP contribution in [0, 0.1) is 11.8 Å². The fourth-order valence-electron chi connectivity index (χ4n) is 4.44. The Morgan fingerprint density at radius 2 is 2.11 bits per heavy atom. The first-order chi connectivity index (χ1) is 11.7. The van der Waals surface area contributed by atoms with Gasteiger partial charge in [-0.3, -0.25) is 9.88 Å². The van der Waals surface area contributed by atoms with E-state index in [9.17, 15) is 5.11 Å². The Kier molecular flexibility index (Phi) is 8.20. The van der Waals surface area contributed by atoms with Crippen molar-refractivity contribution < 1.29 is 33.2 Å². The van der Waals surface area contributed by atoms with Gasteiger partial charge in [-0.05, 0) is 61.1 Å². The maximum Gasteiger partial charge on any atom is 0.119 e. The molecule has 6 nitrogen and oxygen atoms in total. The second kappa shape index (κ2) is 9.48. The van der Waals surface area contributed by atoms with E-state index in [2.05, 4.69) is 22.5 Å².